The Kier molecular flexibility index (Phi) is 8.33. The highest BCUT2D eigenvalue weighted by atomic mass is 31.1. The summed E-state index contributed by atoms with van der Waals surface area (Å²) >= 11 is 0. The van der Waals surface area contributed by atoms with Crippen molar-refractivity contribution in [3.8, 4) is 0 Å². The first kappa shape index (κ1) is 12.8. The summed E-state index contributed by atoms with van der Waals surface area (Å²) < 4.78 is 10.8. The molecule has 2 atom stereocenters. The summed E-state index contributed by atoms with van der Waals surface area (Å²) in [6, 6.07) is 0. The van der Waals surface area contributed by atoms with E-state index in [1.807, 2.05) is 6.66 Å². The first-order valence-corrected chi connectivity index (χ1v) is 7.11. The van der Waals surface area contributed by atoms with Crippen molar-refractivity contribution in [1.29, 1.82) is 0 Å². The van der Waals surface area contributed by atoms with Crippen LogP contribution in [0.25, 0.3) is 0 Å². The molecular formula is C11H22OP+. The molecule has 1 nitrogen and oxygen atoms in total. The number of allylic oxidation sites excluding steroid dienone is 2. The van der Waals surface area contributed by atoms with Gasteiger partial charge in [-0.3, -0.25) is 0 Å². The zero-order chi connectivity index (χ0) is 10.1. The molecular weight excluding hydrogens is 179 g/mol. The van der Waals surface area contributed by atoms with E-state index < -0.39 is 7.80 Å². The van der Waals surface area contributed by atoms with Crippen molar-refractivity contribution in [2.45, 2.75) is 39.5 Å². The monoisotopic (exact) mass is 201 g/mol. The lowest BCUT2D eigenvalue weighted by molar-refractivity contribution is 0.582. The molecule has 0 aliphatic carbocycles. The second-order valence-corrected chi connectivity index (χ2v) is 5.39. The fourth-order valence-electron chi connectivity index (χ4n) is 1.23. The molecule has 0 saturated heterocycles. The second kappa shape index (κ2) is 8.44. The van der Waals surface area contributed by atoms with Crippen molar-refractivity contribution in [3.63, 3.8) is 0 Å². The van der Waals surface area contributed by atoms with Crippen molar-refractivity contribution < 1.29 is 4.57 Å². The third-order valence-electron chi connectivity index (χ3n) is 2.05. The van der Waals surface area contributed by atoms with Gasteiger partial charge in [0.25, 0.3) is 0 Å². The lowest BCUT2D eigenvalue weighted by atomic mass is 10.1. The molecule has 0 rings (SSSR count). The third-order valence-corrected chi connectivity index (χ3v) is 3.00. The van der Waals surface area contributed by atoms with Crippen LogP contribution < -0.4 is 0 Å². The Morgan fingerprint density at radius 1 is 1.46 bits per heavy atom. The van der Waals surface area contributed by atoms with E-state index in [0.29, 0.717) is 5.92 Å². The molecule has 0 spiro atoms. The minimum Gasteiger partial charge on any atom is -0.0883 e. The maximum Gasteiger partial charge on any atom is 0.335 e. The van der Waals surface area contributed by atoms with Crippen LogP contribution in [0.1, 0.15) is 39.5 Å². The van der Waals surface area contributed by atoms with Crippen molar-refractivity contribution in [2.75, 3.05) is 12.8 Å². The number of rotatable bonds is 7. The predicted molar refractivity (Wildman–Crippen MR) is 60.8 cm³/mol. The molecule has 0 aliphatic heterocycles. The first-order chi connectivity index (χ1) is 6.16. The van der Waals surface area contributed by atoms with E-state index in [-0.39, 0.29) is 0 Å². The Morgan fingerprint density at radius 3 is 2.69 bits per heavy atom. The standard InChI is InChI=1S/C11H22OP/c1-4-5-6-8-11(2)9-7-10-13(3)12/h6,8,11H,4-5,7,9-10H2,1-3H3/q+1. The quantitative estimate of drug-likeness (QED) is 0.445. The Hall–Kier alpha value is -0.160. The highest BCUT2D eigenvalue weighted by Gasteiger charge is 2.05. The third kappa shape index (κ3) is 9.76. The maximum absolute atomic E-state index is 10.8. The summed E-state index contributed by atoms with van der Waals surface area (Å²) in [6.45, 7) is 6.23. The summed E-state index contributed by atoms with van der Waals surface area (Å²) in [5.41, 5.74) is 0. The van der Waals surface area contributed by atoms with Gasteiger partial charge < -0.3 is 0 Å². The molecule has 0 heterocycles. The summed E-state index contributed by atoms with van der Waals surface area (Å²) in [5, 5.41) is 0. The van der Waals surface area contributed by atoms with Crippen LogP contribution in [0.15, 0.2) is 12.2 Å². The van der Waals surface area contributed by atoms with E-state index in [1.54, 1.807) is 0 Å². The lowest BCUT2D eigenvalue weighted by Gasteiger charge is -2.01. The zero-order valence-electron chi connectivity index (χ0n) is 9.12. The van der Waals surface area contributed by atoms with Crippen LogP contribution in [0.5, 0.6) is 0 Å². The summed E-state index contributed by atoms with van der Waals surface area (Å²) in [4.78, 5) is 0. The van der Waals surface area contributed by atoms with E-state index in [1.165, 1.54) is 19.3 Å². The Balaban J connectivity index is 3.39. The zero-order valence-corrected chi connectivity index (χ0v) is 10.0. The molecule has 0 N–H and O–H groups in total. The molecule has 0 saturated carbocycles. The number of hydrogen-bond donors (Lipinski definition) is 0. The molecule has 0 amide bonds. The van der Waals surface area contributed by atoms with Gasteiger partial charge in [-0.05, 0) is 25.2 Å². The largest absolute Gasteiger partial charge is 0.335 e. The molecule has 76 valence electrons. The molecule has 0 aromatic carbocycles. The minimum absolute atomic E-state index is 0.654. The van der Waals surface area contributed by atoms with Crippen molar-refractivity contribution in [2.24, 2.45) is 5.92 Å². The van der Waals surface area contributed by atoms with Gasteiger partial charge in [0, 0.05) is 0 Å². The van der Waals surface area contributed by atoms with Gasteiger partial charge in [-0.15, -0.1) is 0 Å². The second-order valence-electron chi connectivity index (χ2n) is 3.69. The van der Waals surface area contributed by atoms with Gasteiger partial charge in [0.1, 0.15) is 12.8 Å². The molecule has 2 unspecified atom stereocenters. The van der Waals surface area contributed by atoms with Gasteiger partial charge in [-0.25, -0.2) is 0 Å². The van der Waals surface area contributed by atoms with Crippen molar-refractivity contribution in [1.82, 2.24) is 0 Å². The molecule has 13 heavy (non-hydrogen) atoms. The van der Waals surface area contributed by atoms with E-state index >= 15 is 0 Å². The topological polar surface area (TPSA) is 17.1 Å². The molecule has 0 radical (unpaired) electrons. The summed E-state index contributed by atoms with van der Waals surface area (Å²) in [6.07, 6.45) is 10.1. The highest BCUT2D eigenvalue weighted by Crippen LogP contribution is 2.18. The molecule has 0 aliphatic rings. The van der Waals surface area contributed by atoms with E-state index in [9.17, 15) is 4.57 Å². The molecule has 0 aromatic heterocycles. The average Bonchev–Trinajstić information content (AvgIpc) is 2.04. The van der Waals surface area contributed by atoms with Crippen LogP contribution in [0.3, 0.4) is 0 Å². The SMILES string of the molecule is CCCC=CC(C)CCC[P+](C)=O. The minimum atomic E-state index is -0.921. The van der Waals surface area contributed by atoms with Gasteiger partial charge in [0.2, 0.25) is 0 Å². The van der Waals surface area contributed by atoms with Crippen LogP contribution in [0.2, 0.25) is 0 Å². The summed E-state index contributed by atoms with van der Waals surface area (Å²) in [5.74, 6) is 0.654. The Labute approximate surface area is 83.4 Å². The van der Waals surface area contributed by atoms with Gasteiger partial charge in [0.15, 0.2) is 0 Å². The van der Waals surface area contributed by atoms with Crippen molar-refractivity contribution >= 4 is 7.80 Å². The van der Waals surface area contributed by atoms with Crippen LogP contribution >= 0.6 is 7.80 Å². The Bertz CT molecular complexity index is 163. The van der Waals surface area contributed by atoms with Gasteiger partial charge in [-0.1, -0.05) is 37.0 Å². The smallest absolute Gasteiger partial charge is 0.0883 e. The fourth-order valence-corrected chi connectivity index (χ4v) is 1.86. The molecule has 2 heteroatoms. The maximum atomic E-state index is 10.8. The van der Waals surface area contributed by atoms with Crippen LogP contribution in [-0.4, -0.2) is 12.8 Å². The highest BCUT2D eigenvalue weighted by molar-refractivity contribution is 7.43. The van der Waals surface area contributed by atoms with E-state index in [2.05, 4.69) is 26.0 Å². The van der Waals surface area contributed by atoms with Gasteiger partial charge in [0.05, 0.1) is 0 Å². The van der Waals surface area contributed by atoms with E-state index in [0.717, 1.165) is 12.6 Å². The van der Waals surface area contributed by atoms with Crippen LogP contribution in [0.4, 0.5) is 0 Å². The van der Waals surface area contributed by atoms with Crippen LogP contribution in [-0.2, 0) is 4.57 Å². The number of unbranched alkanes of at least 4 members (excludes halogenated alkanes) is 1. The fraction of sp³-hybridized carbons (Fsp3) is 0.818. The molecule has 0 bridgehead atoms. The normalized spacial score (nSPS) is 14.8. The number of hydrogen-bond acceptors (Lipinski definition) is 1. The predicted octanol–water partition coefficient (Wildman–Crippen LogP) is 4.22. The lowest BCUT2D eigenvalue weighted by Crippen LogP contribution is -1.90. The van der Waals surface area contributed by atoms with Crippen LogP contribution in [0, 0.1) is 5.92 Å². The summed E-state index contributed by atoms with van der Waals surface area (Å²) in [7, 11) is -0.921. The Morgan fingerprint density at radius 2 is 2.15 bits per heavy atom. The van der Waals surface area contributed by atoms with Gasteiger partial charge in [-0.2, -0.15) is 0 Å². The van der Waals surface area contributed by atoms with E-state index in [4.69, 9.17) is 0 Å². The first-order valence-electron chi connectivity index (χ1n) is 5.21. The average molecular weight is 201 g/mol. The van der Waals surface area contributed by atoms with Crippen molar-refractivity contribution in [3.05, 3.63) is 12.2 Å². The molecule has 0 fully saturated rings. The van der Waals surface area contributed by atoms with Gasteiger partial charge >= 0.3 is 7.80 Å². The molecule has 0 aromatic rings.